The fourth-order valence-corrected chi connectivity index (χ4v) is 1.65. The second kappa shape index (κ2) is 5.13. The van der Waals surface area contributed by atoms with Crippen LogP contribution in [0.2, 0.25) is 0 Å². The standard InChI is InChI=1S/C14H18O3/c1-8(2)11-6-12(15)10(5)13(7-11)17-14(16)9(3)4/h11H,1,3,6-7H2,2,4-5H3. The molecule has 3 nitrogen and oxygen atoms in total. The minimum Gasteiger partial charge on any atom is -0.427 e. The van der Waals surface area contributed by atoms with Crippen LogP contribution in [0, 0.1) is 5.92 Å². The summed E-state index contributed by atoms with van der Waals surface area (Å²) in [4.78, 5) is 23.2. The molecule has 1 aliphatic carbocycles. The van der Waals surface area contributed by atoms with Gasteiger partial charge < -0.3 is 4.74 Å². The fraction of sp³-hybridized carbons (Fsp3) is 0.429. The van der Waals surface area contributed by atoms with Crippen LogP contribution in [0.1, 0.15) is 33.6 Å². The van der Waals surface area contributed by atoms with Crippen molar-refractivity contribution in [2.24, 2.45) is 5.92 Å². The predicted molar refractivity (Wildman–Crippen MR) is 66.2 cm³/mol. The number of ketones is 1. The van der Waals surface area contributed by atoms with E-state index in [0.717, 1.165) is 5.57 Å². The molecule has 1 atom stereocenters. The van der Waals surface area contributed by atoms with Crippen LogP contribution in [0.5, 0.6) is 0 Å². The highest BCUT2D eigenvalue weighted by Crippen LogP contribution is 2.31. The van der Waals surface area contributed by atoms with Gasteiger partial charge in [0.25, 0.3) is 0 Å². The highest BCUT2D eigenvalue weighted by atomic mass is 16.5. The summed E-state index contributed by atoms with van der Waals surface area (Å²) >= 11 is 0. The summed E-state index contributed by atoms with van der Waals surface area (Å²) < 4.78 is 5.20. The maximum Gasteiger partial charge on any atom is 0.338 e. The van der Waals surface area contributed by atoms with E-state index in [9.17, 15) is 9.59 Å². The third-order valence-corrected chi connectivity index (χ3v) is 2.96. The fourth-order valence-electron chi connectivity index (χ4n) is 1.65. The Labute approximate surface area is 102 Å². The van der Waals surface area contributed by atoms with E-state index in [4.69, 9.17) is 4.74 Å². The molecule has 0 spiro atoms. The van der Waals surface area contributed by atoms with Gasteiger partial charge in [-0.15, -0.1) is 0 Å². The van der Waals surface area contributed by atoms with Gasteiger partial charge in [-0.1, -0.05) is 18.7 Å². The highest BCUT2D eigenvalue weighted by molar-refractivity contribution is 5.97. The topological polar surface area (TPSA) is 43.4 Å². The van der Waals surface area contributed by atoms with E-state index in [1.165, 1.54) is 0 Å². The summed E-state index contributed by atoms with van der Waals surface area (Å²) in [5.74, 6) is 0.0738. The molecule has 0 bridgehead atoms. The zero-order valence-electron chi connectivity index (χ0n) is 10.6. The number of carbonyl (C=O) groups is 2. The van der Waals surface area contributed by atoms with Crippen LogP contribution in [0.3, 0.4) is 0 Å². The van der Waals surface area contributed by atoms with E-state index in [1.807, 2.05) is 6.92 Å². The van der Waals surface area contributed by atoms with Crippen LogP contribution in [0.15, 0.2) is 35.6 Å². The van der Waals surface area contributed by atoms with E-state index in [1.54, 1.807) is 13.8 Å². The van der Waals surface area contributed by atoms with Gasteiger partial charge in [0.2, 0.25) is 0 Å². The second-order valence-corrected chi connectivity index (χ2v) is 4.59. The monoisotopic (exact) mass is 234 g/mol. The van der Waals surface area contributed by atoms with Gasteiger partial charge in [0, 0.05) is 24.0 Å². The van der Waals surface area contributed by atoms with E-state index < -0.39 is 5.97 Å². The first-order chi connectivity index (χ1) is 7.82. The third-order valence-electron chi connectivity index (χ3n) is 2.96. The quantitative estimate of drug-likeness (QED) is 0.428. The minimum atomic E-state index is -0.477. The Morgan fingerprint density at radius 1 is 1.29 bits per heavy atom. The van der Waals surface area contributed by atoms with Gasteiger partial charge in [-0.3, -0.25) is 4.79 Å². The van der Waals surface area contributed by atoms with Crippen molar-refractivity contribution < 1.29 is 14.3 Å². The molecule has 0 aromatic rings. The van der Waals surface area contributed by atoms with E-state index >= 15 is 0 Å². The van der Waals surface area contributed by atoms with Crippen molar-refractivity contribution in [3.05, 3.63) is 35.6 Å². The molecule has 1 aliphatic rings. The summed E-state index contributed by atoms with van der Waals surface area (Å²) in [5, 5.41) is 0. The Morgan fingerprint density at radius 2 is 1.88 bits per heavy atom. The van der Waals surface area contributed by atoms with Crippen molar-refractivity contribution in [3.63, 3.8) is 0 Å². The number of rotatable bonds is 3. The summed E-state index contributed by atoms with van der Waals surface area (Å²) in [5.41, 5.74) is 1.81. The lowest BCUT2D eigenvalue weighted by Crippen LogP contribution is -2.21. The Hall–Kier alpha value is -1.64. The van der Waals surface area contributed by atoms with Crippen LogP contribution in [0.25, 0.3) is 0 Å². The zero-order valence-corrected chi connectivity index (χ0v) is 10.6. The first kappa shape index (κ1) is 13.4. The van der Waals surface area contributed by atoms with Crippen LogP contribution in [0.4, 0.5) is 0 Å². The molecule has 0 aromatic carbocycles. The van der Waals surface area contributed by atoms with Gasteiger partial charge in [0.1, 0.15) is 5.76 Å². The largest absolute Gasteiger partial charge is 0.427 e. The molecule has 1 rings (SSSR count). The van der Waals surface area contributed by atoms with Gasteiger partial charge in [0.05, 0.1) is 0 Å². The van der Waals surface area contributed by atoms with Gasteiger partial charge in [-0.25, -0.2) is 4.79 Å². The summed E-state index contributed by atoms with van der Waals surface area (Å²) in [6.45, 7) is 12.5. The van der Waals surface area contributed by atoms with Crippen molar-refractivity contribution in [2.75, 3.05) is 0 Å². The average Bonchev–Trinajstić information content (AvgIpc) is 2.23. The Bertz CT molecular complexity index is 427. The van der Waals surface area contributed by atoms with Crippen LogP contribution >= 0.6 is 0 Å². The average molecular weight is 234 g/mol. The molecule has 92 valence electrons. The van der Waals surface area contributed by atoms with Crippen molar-refractivity contribution >= 4 is 11.8 Å². The molecule has 0 heterocycles. The molecule has 0 aromatic heterocycles. The molecular formula is C14H18O3. The SMILES string of the molecule is C=C(C)C(=O)OC1=C(C)C(=O)CC(C(=C)C)C1. The lowest BCUT2D eigenvalue weighted by molar-refractivity contribution is -0.135. The predicted octanol–water partition coefficient (Wildman–Crippen LogP) is 2.93. The molecule has 0 radical (unpaired) electrons. The van der Waals surface area contributed by atoms with Gasteiger partial charge in [0.15, 0.2) is 5.78 Å². The summed E-state index contributed by atoms with van der Waals surface area (Å²) in [6.07, 6.45) is 1.02. The number of hydrogen-bond acceptors (Lipinski definition) is 3. The van der Waals surface area contributed by atoms with Crippen molar-refractivity contribution in [3.8, 4) is 0 Å². The minimum absolute atomic E-state index is 0.0220. The van der Waals surface area contributed by atoms with Gasteiger partial charge >= 0.3 is 5.97 Å². The number of Topliss-reactive ketones (excluding diaryl/α,β-unsaturated/α-hetero) is 1. The van der Waals surface area contributed by atoms with Crippen LogP contribution < -0.4 is 0 Å². The molecular weight excluding hydrogens is 216 g/mol. The number of allylic oxidation sites excluding steroid dienone is 3. The number of carbonyl (C=O) groups excluding carboxylic acids is 2. The molecule has 3 heteroatoms. The first-order valence-electron chi connectivity index (χ1n) is 5.59. The van der Waals surface area contributed by atoms with Crippen molar-refractivity contribution in [1.29, 1.82) is 0 Å². The molecule has 0 N–H and O–H groups in total. The normalized spacial score (nSPS) is 20.2. The Kier molecular flexibility index (Phi) is 4.05. The molecule has 0 saturated heterocycles. The maximum absolute atomic E-state index is 11.8. The molecule has 0 saturated carbocycles. The van der Waals surface area contributed by atoms with Crippen molar-refractivity contribution in [1.82, 2.24) is 0 Å². The number of hydrogen-bond donors (Lipinski definition) is 0. The molecule has 0 amide bonds. The van der Waals surface area contributed by atoms with Gasteiger partial charge in [-0.05, 0) is 26.7 Å². The number of ether oxygens (including phenoxy) is 1. The first-order valence-corrected chi connectivity index (χ1v) is 5.59. The smallest absolute Gasteiger partial charge is 0.338 e. The van der Waals surface area contributed by atoms with E-state index in [0.29, 0.717) is 29.7 Å². The lowest BCUT2D eigenvalue weighted by atomic mass is 9.84. The molecule has 1 unspecified atom stereocenters. The zero-order chi connectivity index (χ0) is 13.2. The molecule has 17 heavy (non-hydrogen) atoms. The maximum atomic E-state index is 11.8. The van der Waals surface area contributed by atoms with Gasteiger partial charge in [-0.2, -0.15) is 0 Å². The van der Waals surface area contributed by atoms with E-state index in [2.05, 4.69) is 13.2 Å². The Balaban J connectivity index is 2.91. The summed E-state index contributed by atoms with van der Waals surface area (Å²) in [7, 11) is 0. The van der Waals surface area contributed by atoms with Crippen LogP contribution in [-0.4, -0.2) is 11.8 Å². The Morgan fingerprint density at radius 3 is 2.35 bits per heavy atom. The number of esters is 1. The second-order valence-electron chi connectivity index (χ2n) is 4.59. The summed E-state index contributed by atoms with van der Waals surface area (Å²) in [6, 6.07) is 0. The molecule has 0 aliphatic heterocycles. The third kappa shape index (κ3) is 3.16. The highest BCUT2D eigenvalue weighted by Gasteiger charge is 2.28. The van der Waals surface area contributed by atoms with Crippen molar-refractivity contribution in [2.45, 2.75) is 33.6 Å². The molecule has 0 fully saturated rings. The van der Waals surface area contributed by atoms with E-state index in [-0.39, 0.29) is 11.7 Å². The lowest BCUT2D eigenvalue weighted by Gasteiger charge is -2.24. The van der Waals surface area contributed by atoms with Crippen LogP contribution in [-0.2, 0) is 14.3 Å².